The van der Waals surface area contributed by atoms with E-state index in [1.165, 1.54) is 0 Å². The number of halogens is 1. The van der Waals surface area contributed by atoms with Crippen molar-refractivity contribution in [2.75, 3.05) is 5.75 Å². The Morgan fingerprint density at radius 3 is 3.00 bits per heavy atom. The van der Waals surface area contributed by atoms with Crippen LogP contribution in [0, 0.1) is 0 Å². The van der Waals surface area contributed by atoms with Gasteiger partial charge in [-0.05, 0) is 0 Å². The lowest BCUT2D eigenvalue weighted by Gasteiger charge is -2.02. The van der Waals surface area contributed by atoms with Gasteiger partial charge in [-0.15, -0.1) is 5.10 Å². The highest BCUT2D eigenvalue weighted by atomic mass is 35.5. The molecule has 0 N–H and O–H groups in total. The number of hydrogen-bond acceptors (Lipinski definition) is 3. The molecule has 0 aliphatic heterocycles. The third-order valence-electron chi connectivity index (χ3n) is 1.90. The number of fused-ring (bicyclic) bond motifs is 1. The van der Waals surface area contributed by atoms with Crippen molar-refractivity contribution in [1.29, 1.82) is 0 Å². The van der Waals surface area contributed by atoms with Crippen molar-refractivity contribution < 1.29 is 0 Å². The molecular formula is C11H9ClN2S. The van der Waals surface area contributed by atoms with Crippen LogP contribution in [0.1, 0.15) is 0 Å². The van der Waals surface area contributed by atoms with Gasteiger partial charge in [0.25, 0.3) is 0 Å². The molecule has 0 bridgehead atoms. The molecule has 76 valence electrons. The number of benzene rings is 1. The van der Waals surface area contributed by atoms with Gasteiger partial charge in [0.05, 0.1) is 6.20 Å². The number of rotatable bonds is 3. The van der Waals surface area contributed by atoms with E-state index in [2.05, 4.69) is 16.8 Å². The molecule has 0 atom stereocenters. The van der Waals surface area contributed by atoms with Crippen LogP contribution in [0.25, 0.3) is 10.8 Å². The Morgan fingerprint density at radius 2 is 2.20 bits per heavy atom. The summed E-state index contributed by atoms with van der Waals surface area (Å²) in [7, 11) is 0. The first kappa shape index (κ1) is 10.5. The first-order chi connectivity index (χ1) is 7.27. The van der Waals surface area contributed by atoms with Crippen LogP contribution in [-0.2, 0) is 0 Å². The van der Waals surface area contributed by atoms with E-state index in [9.17, 15) is 0 Å². The Hall–Kier alpha value is -1.06. The van der Waals surface area contributed by atoms with Gasteiger partial charge < -0.3 is 0 Å². The third-order valence-corrected chi connectivity index (χ3v) is 3.26. The van der Waals surface area contributed by atoms with E-state index in [-0.39, 0.29) is 0 Å². The minimum absolute atomic E-state index is 0.620. The SMILES string of the molecule is C=C(Cl)CSc1nncc2ccccc12. The predicted molar refractivity (Wildman–Crippen MR) is 65.3 cm³/mol. The van der Waals surface area contributed by atoms with E-state index < -0.39 is 0 Å². The van der Waals surface area contributed by atoms with Crippen molar-refractivity contribution in [2.45, 2.75) is 5.03 Å². The largest absolute Gasteiger partial charge is 0.157 e. The second kappa shape index (κ2) is 4.64. The Morgan fingerprint density at radius 1 is 1.40 bits per heavy atom. The average molecular weight is 237 g/mol. The normalized spacial score (nSPS) is 10.5. The standard InChI is InChI=1S/C11H9ClN2S/c1-8(12)7-15-11-10-5-3-2-4-9(10)6-13-14-11/h2-6H,1,7H2. The smallest absolute Gasteiger partial charge is 0.127 e. The summed E-state index contributed by atoms with van der Waals surface area (Å²) in [5.74, 6) is 0.657. The summed E-state index contributed by atoms with van der Waals surface area (Å²) in [5.41, 5.74) is 0. The fourth-order valence-corrected chi connectivity index (χ4v) is 2.16. The lowest BCUT2D eigenvalue weighted by Crippen LogP contribution is -1.88. The molecule has 0 spiro atoms. The van der Waals surface area contributed by atoms with Gasteiger partial charge in [-0.2, -0.15) is 5.10 Å². The van der Waals surface area contributed by atoms with Crippen LogP contribution in [0.5, 0.6) is 0 Å². The summed E-state index contributed by atoms with van der Waals surface area (Å²) in [5, 5.41) is 11.8. The summed E-state index contributed by atoms with van der Waals surface area (Å²) in [4.78, 5) is 0. The number of thioether (sulfide) groups is 1. The van der Waals surface area contributed by atoms with Gasteiger partial charge in [0.1, 0.15) is 5.03 Å². The number of hydrogen-bond donors (Lipinski definition) is 0. The molecule has 2 nitrogen and oxygen atoms in total. The molecule has 1 aromatic heterocycles. The van der Waals surface area contributed by atoms with E-state index in [0.29, 0.717) is 10.8 Å². The highest BCUT2D eigenvalue weighted by molar-refractivity contribution is 7.99. The maximum atomic E-state index is 5.72. The van der Waals surface area contributed by atoms with Crippen molar-refractivity contribution in [2.24, 2.45) is 0 Å². The molecule has 0 aliphatic carbocycles. The van der Waals surface area contributed by atoms with E-state index in [1.54, 1.807) is 18.0 Å². The van der Waals surface area contributed by atoms with E-state index in [4.69, 9.17) is 11.6 Å². The van der Waals surface area contributed by atoms with Gasteiger partial charge in [0.15, 0.2) is 0 Å². The molecule has 1 aromatic carbocycles. The fourth-order valence-electron chi connectivity index (χ4n) is 1.26. The molecule has 15 heavy (non-hydrogen) atoms. The summed E-state index contributed by atoms with van der Waals surface area (Å²) >= 11 is 7.27. The second-order valence-electron chi connectivity index (χ2n) is 3.04. The van der Waals surface area contributed by atoms with Crippen molar-refractivity contribution in [3.8, 4) is 0 Å². The van der Waals surface area contributed by atoms with Crippen LogP contribution in [0.2, 0.25) is 0 Å². The van der Waals surface area contributed by atoms with Crippen LogP contribution in [-0.4, -0.2) is 16.0 Å². The molecule has 0 fully saturated rings. The van der Waals surface area contributed by atoms with Crippen LogP contribution < -0.4 is 0 Å². The van der Waals surface area contributed by atoms with Gasteiger partial charge in [-0.1, -0.05) is 54.2 Å². The second-order valence-corrected chi connectivity index (χ2v) is 4.54. The maximum Gasteiger partial charge on any atom is 0.127 e. The molecule has 0 radical (unpaired) electrons. The highest BCUT2D eigenvalue weighted by Crippen LogP contribution is 2.26. The zero-order chi connectivity index (χ0) is 10.7. The van der Waals surface area contributed by atoms with Crippen LogP contribution in [0.3, 0.4) is 0 Å². The van der Waals surface area contributed by atoms with Crippen molar-refractivity contribution >= 4 is 34.1 Å². The zero-order valence-electron chi connectivity index (χ0n) is 7.98. The minimum Gasteiger partial charge on any atom is -0.157 e. The topological polar surface area (TPSA) is 25.8 Å². The molecule has 0 saturated carbocycles. The van der Waals surface area contributed by atoms with E-state index in [0.717, 1.165) is 15.8 Å². The maximum absolute atomic E-state index is 5.72. The summed E-state index contributed by atoms with van der Waals surface area (Å²) in [6.45, 7) is 3.65. The molecule has 2 rings (SSSR count). The zero-order valence-corrected chi connectivity index (χ0v) is 9.55. The Labute approximate surface area is 97.4 Å². The van der Waals surface area contributed by atoms with E-state index in [1.807, 2.05) is 24.3 Å². The van der Waals surface area contributed by atoms with Gasteiger partial charge >= 0.3 is 0 Å². The van der Waals surface area contributed by atoms with Crippen molar-refractivity contribution in [1.82, 2.24) is 10.2 Å². The molecular weight excluding hydrogens is 228 g/mol. The molecule has 0 amide bonds. The lowest BCUT2D eigenvalue weighted by molar-refractivity contribution is 0.957. The first-order valence-electron chi connectivity index (χ1n) is 4.44. The van der Waals surface area contributed by atoms with E-state index >= 15 is 0 Å². The summed E-state index contributed by atoms with van der Waals surface area (Å²) in [6, 6.07) is 8.02. The summed E-state index contributed by atoms with van der Waals surface area (Å²) < 4.78 is 0. The lowest BCUT2D eigenvalue weighted by atomic mass is 10.2. The van der Waals surface area contributed by atoms with Gasteiger partial charge in [0, 0.05) is 21.6 Å². The van der Waals surface area contributed by atoms with Crippen LogP contribution in [0.4, 0.5) is 0 Å². The molecule has 2 aromatic rings. The van der Waals surface area contributed by atoms with Gasteiger partial charge in [-0.3, -0.25) is 0 Å². The third kappa shape index (κ3) is 2.49. The van der Waals surface area contributed by atoms with Crippen LogP contribution in [0.15, 0.2) is 47.1 Å². The molecule has 0 unspecified atom stereocenters. The van der Waals surface area contributed by atoms with Crippen LogP contribution >= 0.6 is 23.4 Å². The number of nitrogens with zero attached hydrogens (tertiary/aromatic N) is 2. The molecule has 0 aliphatic rings. The summed E-state index contributed by atoms with van der Waals surface area (Å²) in [6.07, 6.45) is 1.76. The van der Waals surface area contributed by atoms with Gasteiger partial charge in [0.2, 0.25) is 0 Å². The Kier molecular flexibility index (Phi) is 3.23. The quantitative estimate of drug-likeness (QED) is 0.764. The first-order valence-corrected chi connectivity index (χ1v) is 5.80. The van der Waals surface area contributed by atoms with Gasteiger partial charge in [-0.25, -0.2) is 0 Å². The predicted octanol–water partition coefficient (Wildman–Crippen LogP) is 3.47. The average Bonchev–Trinajstić information content (AvgIpc) is 2.26. The molecule has 4 heteroatoms. The number of aromatic nitrogens is 2. The van der Waals surface area contributed by atoms with Crippen molar-refractivity contribution in [3.63, 3.8) is 0 Å². The minimum atomic E-state index is 0.620. The monoisotopic (exact) mass is 236 g/mol. The fraction of sp³-hybridized carbons (Fsp3) is 0.0909. The highest BCUT2D eigenvalue weighted by Gasteiger charge is 2.03. The Balaban J connectivity index is 2.38. The molecule has 0 saturated heterocycles. The molecule has 1 heterocycles. The van der Waals surface area contributed by atoms with Crippen molar-refractivity contribution in [3.05, 3.63) is 42.1 Å². The Bertz CT molecular complexity index is 493.